The molecule has 0 aliphatic heterocycles. The van der Waals surface area contributed by atoms with Gasteiger partial charge in [-0.05, 0) is 59.5 Å². The molecule has 4 aromatic rings. The number of pyridine rings is 1. The number of hydrogen-bond acceptors (Lipinski definition) is 6. The number of furan rings is 1. The number of tetrazole rings is 1. The molecule has 0 radical (unpaired) electrons. The van der Waals surface area contributed by atoms with Crippen LogP contribution in [-0.4, -0.2) is 30.1 Å². The van der Waals surface area contributed by atoms with Crippen LogP contribution in [0.2, 0.25) is 0 Å². The summed E-state index contributed by atoms with van der Waals surface area (Å²) in [5.74, 6) is 1.79. The third kappa shape index (κ3) is 4.48. The molecule has 1 aromatic carbocycles. The van der Waals surface area contributed by atoms with E-state index in [2.05, 4.69) is 67.3 Å². The molecule has 3 aromatic heterocycles. The minimum Gasteiger partial charge on any atom is -0.468 e. The second kappa shape index (κ2) is 9.44. The van der Waals surface area contributed by atoms with Gasteiger partial charge < -0.3 is 4.42 Å². The Kier molecular flexibility index (Phi) is 6.07. The molecule has 0 saturated heterocycles. The molecular weight excluding hydrogens is 400 g/mol. The molecule has 1 saturated carbocycles. The number of benzene rings is 1. The van der Waals surface area contributed by atoms with E-state index in [1.165, 1.54) is 24.0 Å². The maximum atomic E-state index is 5.74. The van der Waals surface area contributed by atoms with Crippen LogP contribution in [0.3, 0.4) is 0 Å². The summed E-state index contributed by atoms with van der Waals surface area (Å²) in [7, 11) is 0. The largest absolute Gasteiger partial charge is 0.468 e. The third-order valence-corrected chi connectivity index (χ3v) is 6.24. The number of nitrogens with zero attached hydrogens (tertiary/aromatic N) is 6. The van der Waals surface area contributed by atoms with Crippen molar-refractivity contribution in [2.24, 2.45) is 0 Å². The Hall–Kier alpha value is -3.32. The van der Waals surface area contributed by atoms with Gasteiger partial charge in [-0.25, -0.2) is 4.68 Å². The van der Waals surface area contributed by atoms with E-state index in [1.807, 2.05) is 24.4 Å². The topological polar surface area (TPSA) is 72.9 Å². The summed E-state index contributed by atoms with van der Waals surface area (Å²) in [6.45, 7) is 3.44. The summed E-state index contributed by atoms with van der Waals surface area (Å²) in [5.41, 5.74) is 3.53. The molecule has 0 N–H and O–H groups in total. The second-order valence-corrected chi connectivity index (χ2v) is 8.58. The van der Waals surface area contributed by atoms with Gasteiger partial charge in [0.25, 0.3) is 0 Å². The molecule has 0 amide bonds. The molecule has 32 heavy (non-hydrogen) atoms. The lowest BCUT2D eigenvalue weighted by molar-refractivity contribution is 0.177. The number of aryl methyl sites for hydroxylation is 1. The van der Waals surface area contributed by atoms with Crippen LogP contribution in [0, 0.1) is 6.92 Å². The third-order valence-electron chi connectivity index (χ3n) is 6.24. The van der Waals surface area contributed by atoms with Crippen LogP contribution >= 0.6 is 0 Å². The fourth-order valence-corrected chi connectivity index (χ4v) is 4.63. The average molecular weight is 429 g/mol. The second-order valence-electron chi connectivity index (χ2n) is 8.58. The van der Waals surface area contributed by atoms with Gasteiger partial charge in [-0.2, -0.15) is 0 Å². The smallest absolute Gasteiger partial charge is 0.173 e. The molecule has 1 aliphatic carbocycles. The Morgan fingerprint density at radius 3 is 2.62 bits per heavy atom. The first kappa shape index (κ1) is 20.6. The van der Waals surface area contributed by atoms with Crippen molar-refractivity contribution in [2.75, 3.05) is 0 Å². The van der Waals surface area contributed by atoms with E-state index < -0.39 is 0 Å². The van der Waals surface area contributed by atoms with E-state index in [1.54, 1.807) is 12.5 Å². The summed E-state index contributed by atoms with van der Waals surface area (Å²) in [5, 5.41) is 13.1. The number of rotatable bonds is 8. The zero-order valence-corrected chi connectivity index (χ0v) is 18.3. The quantitative estimate of drug-likeness (QED) is 0.398. The highest BCUT2D eigenvalue weighted by Gasteiger charge is 2.32. The zero-order chi connectivity index (χ0) is 21.8. The van der Waals surface area contributed by atoms with Crippen molar-refractivity contribution in [3.8, 4) is 0 Å². The van der Waals surface area contributed by atoms with Gasteiger partial charge in [-0.1, -0.05) is 48.7 Å². The van der Waals surface area contributed by atoms with Crippen LogP contribution in [0.15, 0.2) is 71.6 Å². The van der Waals surface area contributed by atoms with E-state index in [-0.39, 0.29) is 6.04 Å². The van der Waals surface area contributed by atoms with Crippen molar-refractivity contribution in [3.05, 3.63) is 95.5 Å². The summed E-state index contributed by atoms with van der Waals surface area (Å²) in [6, 6.07) is 17.0. The highest BCUT2D eigenvalue weighted by Crippen LogP contribution is 2.35. The molecule has 0 bridgehead atoms. The van der Waals surface area contributed by atoms with Gasteiger partial charge in [0.2, 0.25) is 0 Å². The maximum Gasteiger partial charge on any atom is 0.173 e. The normalized spacial score (nSPS) is 15.4. The predicted molar refractivity (Wildman–Crippen MR) is 121 cm³/mol. The summed E-state index contributed by atoms with van der Waals surface area (Å²) in [6.07, 6.45) is 10.1. The van der Waals surface area contributed by atoms with E-state index in [0.29, 0.717) is 19.1 Å². The first-order chi connectivity index (χ1) is 15.8. The predicted octanol–water partition coefficient (Wildman–Crippen LogP) is 4.88. The van der Waals surface area contributed by atoms with Gasteiger partial charge in [-0.3, -0.25) is 9.88 Å². The van der Waals surface area contributed by atoms with Crippen molar-refractivity contribution in [2.45, 2.75) is 57.8 Å². The Bertz CT molecular complexity index is 1100. The van der Waals surface area contributed by atoms with Crippen molar-refractivity contribution in [1.82, 2.24) is 30.1 Å². The molecule has 7 heteroatoms. The van der Waals surface area contributed by atoms with E-state index in [4.69, 9.17) is 4.42 Å². The van der Waals surface area contributed by atoms with Crippen LogP contribution in [0.1, 0.15) is 66.0 Å². The van der Waals surface area contributed by atoms with Crippen molar-refractivity contribution >= 4 is 0 Å². The van der Waals surface area contributed by atoms with Gasteiger partial charge in [0.05, 0.1) is 24.9 Å². The van der Waals surface area contributed by atoms with Crippen LogP contribution in [0.5, 0.6) is 0 Å². The summed E-state index contributed by atoms with van der Waals surface area (Å²) >= 11 is 0. The molecule has 1 fully saturated rings. The number of hydrogen-bond donors (Lipinski definition) is 0. The fraction of sp³-hybridized carbons (Fsp3) is 0.360. The van der Waals surface area contributed by atoms with Crippen LogP contribution < -0.4 is 0 Å². The van der Waals surface area contributed by atoms with Gasteiger partial charge in [0, 0.05) is 18.9 Å². The Morgan fingerprint density at radius 1 is 1.06 bits per heavy atom. The lowest BCUT2D eigenvalue weighted by atomic mass is 10.0. The van der Waals surface area contributed by atoms with Crippen molar-refractivity contribution < 1.29 is 4.42 Å². The van der Waals surface area contributed by atoms with Gasteiger partial charge >= 0.3 is 0 Å². The van der Waals surface area contributed by atoms with Crippen LogP contribution in [-0.2, 0) is 13.1 Å². The van der Waals surface area contributed by atoms with Crippen LogP contribution in [0.4, 0.5) is 0 Å². The number of aromatic nitrogens is 5. The first-order valence-electron chi connectivity index (χ1n) is 11.3. The van der Waals surface area contributed by atoms with Crippen molar-refractivity contribution in [1.29, 1.82) is 0 Å². The zero-order valence-electron chi connectivity index (χ0n) is 18.3. The lowest BCUT2D eigenvalue weighted by Crippen LogP contribution is -2.32. The molecule has 1 aliphatic rings. The average Bonchev–Trinajstić information content (AvgIpc) is 3.59. The van der Waals surface area contributed by atoms with Gasteiger partial charge in [0.1, 0.15) is 5.76 Å². The minimum absolute atomic E-state index is 0.114. The standard InChI is InChI=1S/C25H28N6O/c1-19-10-12-21(13-11-19)24(25-27-28-29-31(25)22-7-2-3-8-22)30(18-23-9-5-15-32-23)17-20-6-4-14-26-16-20/h4-6,9-16,22,24H,2-3,7-8,17-18H2,1H3. The van der Waals surface area contributed by atoms with Gasteiger partial charge in [0.15, 0.2) is 5.82 Å². The molecule has 0 spiro atoms. The molecule has 5 rings (SSSR count). The van der Waals surface area contributed by atoms with Crippen LogP contribution in [0.25, 0.3) is 0 Å². The Morgan fingerprint density at radius 2 is 1.91 bits per heavy atom. The SMILES string of the molecule is Cc1ccc(C(c2nnnn2C2CCCC2)N(Cc2cccnc2)Cc2ccco2)cc1. The fourth-order valence-electron chi connectivity index (χ4n) is 4.63. The van der Waals surface area contributed by atoms with Gasteiger partial charge in [-0.15, -0.1) is 5.10 Å². The molecule has 3 heterocycles. The molecular formula is C25H28N6O. The summed E-state index contributed by atoms with van der Waals surface area (Å²) < 4.78 is 7.80. The lowest BCUT2D eigenvalue weighted by Gasteiger charge is -2.31. The van der Waals surface area contributed by atoms with E-state index in [0.717, 1.165) is 30.0 Å². The Balaban J connectivity index is 1.59. The summed E-state index contributed by atoms with van der Waals surface area (Å²) in [4.78, 5) is 6.70. The minimum atomic E-state index is -0.114. The highest BCUT2D eigenvalue weighted by atomic mass is 16.3. The monoisotopic (exact) mass is 428 g/mol. The van der Waals surface area contributed by atoms with E-state index in [9.17, 15) is 0 Å². The molecule has 1 atom stereocenters. The molecule has 7 nitrogen and oxygen atoms in total. The van der Waals surface area contributed by atoms with E-state index >= 15 is 0 Å². The van der Waals surface area contributed by atoms with Crippen molar-refractivity contribution in [3.63, 3.8) is 0 Å². The highest BCUT2D eigenvalue weighted by molar-refractivity contribution is 5.29. The molecule has 164 valence electrons. The maximum absolute atomic E-state index is 5.74. The molecule has 1 unspecified atom stereocenters. The first-order valence-corrected chi connectivity index (χ1v) is 11.3. The Labute approximate surface area is 188 Å².